The van der Waals surface area contributed by atoms with Crippen molar-refractivity contribution in [1.29, 1.82) is 0 Å². The fourth-order valence-electron chi connectivity index (χ4n) is 2.34. The summed E-state index contributed by atoms with van der Waals surface area (Å²) in [5, 5.41) is -0.270. The van der Waals surface area contributed by atoms with Crippen molar-refractivity contribution in [1.82, 2.24) is 4.90 Å². The summed E-state index contributed by atoms with van der Waals surface area (Å²) in [5.41, 5.74) is 1.72. The molecule has 0 bridgehead atoms. The van der Waals surface area contributed by atoms with E-state index in [-0.39, 0.29) is 11.1 Å². The molecule has 1 saturated heterocycles. The molecule has 5 nitrogen and oxygen atoms in total. The molecule has 0 unspecified atom stereocenters. The minimum absolute atomic E-state index is 0.270. The largest absolute Gasteiger partial charge is 0.490 e. The Hall–Kier alpha value is -2.21. The molecule has 128 valence electrons. The average Bonchev–Trinajstić information content (AvgIpc) is 2.78. The Morgan fingerprint density at radius 1 is 1.21 bits per heavy atom. The molecule has 1 aliphatic rings. The number of carbonyl (C=O) groups excluding carboxylic acids is 2. The number of amides is 2. The van der Waals surface area contributed by atoms with Crippen LogP contribution in [0.25, 0.3) is 6.08 Å². The van der Waals surface area contributed by atoms with Gasteiger partial charge in [0.25, 0.3) is 11.1 Å². The number of hydrogen-bond acceptors (Lipinski definition) is 5. The summed E-state index contributed by atoms with van der Waals surface area (Å²) in [6.45, 7) is 8.62. The maximum absolute atomic E-state index is 12.1. The molecule has 0 saturated carbocycles. The second-order valence-corrected chi connectivity index (χ2v) is 6.10. The van der Waals surface area contributed by atoms with E-state index in [0.29, 0.717) is 36.0 Å². The fraction of sp³-hybridized carbons (Fsp3) is 0.333. The van der Waals surface area contributed by atoms with Crippen LogP contribution < -0.4 is 9.47 Å². The Labute approximate surface area is 146 Å². The summed E-state index contributed by atoms with van der Waals surface area (Å²) in [4.78, 5) is 25.2. The van der Waals surface area contributed by atoms with Crippen molar-refractivity contribution < 1.29 is 19.1 Å². The topological polar surface area (TPSA) is 55.8 Å². The van der Waals surface area contributed by atoms with Gasteiger partial charge in [-0.15, -0.1) is 6.58 Å². The van der Waals surface area contributed by atoms with Crippen molar-refractivity contribution in [2.75, 3.05) is 20.3 Å². The predicted octanol–water partition coefficient (Wildman–Crippen LogP) is 3.88. The zero-order valence-electron chi connectivity index (χ0n) is 14.1. The summed E-state index contributed by atoms with van der Waals surface area (Å²) in [6.07, 6.45) is 4.11. The van der Waals surface area contributed by atoms with Gasteiger partial charge in [0.1, 0.15) is 0 Å². The maximum atomic E-state index is 12.1. The summed E-state index contributed by atoms with van der Waals surface area (Å²) in [6, 6.07) is 3.75. The highest BCUT2D eigenvalue weighted by Gasteiger charge is 2.31. The number of carbonyl (C=O) groups is 2. The second-order valence-electron chi connectivity index (χ2n) is 5.11. The van der Waals surface area contributed by atoms with Crippen LogP contribution in [0.15, 0.2) is 29.7 Å². The third kappa shape index (κ3) is 3.82. The Morgan fingerprint density at radius 3 is 2.46 bits per heavy atom. The van der Waals surface area contributed by atoms with E-state index < -0.39 is 0 Å². The van der Waals surface area contributed by atoms with E-state index in [4.69, 9.17) is 9.47 Å². The lowest BCUT2D eigenvalue weighted by Crippen LogP contribution is -2.22. The number of rotatable bonds is 7. The normalized spacial score (nSPS) is 16.0. The van der Waals surface area contributed by atoms with E-state index in [1.54, 1.807) is 12.2 Å². The van der Waals surface area contributed by atoms with Crippen molar-refractivity contribution in [3.8, 4) is 11.5 Å². The highest BCUT2D eigenvalue weighted by atomic mass is 32.2. The Balaban J connectivity index is 2.49. The SMILES string of the molecule is C=CCc1cc(/C=C2\SC(=O)N(C)C2=O)cc(OCC)c1OCC. The smallest absolute Gasteiger partial charge is 0.293 e. The zero-order chi connectivity index (χ0) is 17.7. The van der Waals surface area contributed by atoms with Crippen LogP contribution in [0.5, 0.6) is 11.5 Å². The van der Waals surface area contributed by atoms with Gasteiger partial charge in [-0.2, -0.15) is 0 Å². The molecule has 0 spiro atoms. The molecule has 6 heteroatoms. The lowest BCUT2D eigenvalue weighted by Gasteiger charge is -2.16. The van der Waals surface area contributed by atoms with Gasteiger partial charge in [-0.1, -0.05) is 6.08 Å². The number of hydrogen-bond donors (Lipinski definition) is 0. The number of imide groups is 1. The van der Waals surface area contributed by atoms with Crippen LogP contribution in [0, 0.1) is 0 Å². The van der Waals surface area contributed by atoms with Crippen molar-refractivity contribution in [3.05, 3.63) is 40.8 Å². The van der Waals surface area contributed by atoms with Gasteiger partial charge in [0.2, 0.25) is 0 Å². The van der Waals surface area contributed by atoms with Gasteiger partial charge in [-0.05, 0) is 55.8 Å². The molecule has 24 heavy (non-hydrogen) atoms. The Kier molecular flexibility index (Phi) is 6.09. The van der Waals surface area contributed by atoms with Crippen molar-refractivity contribution in [2.45, 2.75) is 20.3 Å². The first-order valence-electron chi connectivity index (χ1n) is 7.76. The van der Waals surface area contributed by atoms with Crippen molar-refractivity contribution in [3.63, 3.8) is 0 Å². The van der Waals surface area contributed by atoms with Crippen LogP contribution in [0.4, 0.5) is 4.79 Å². The van der Waals surface area contributed by atoms with Crippen LogP contribution in [0.2, 0.25) is 0 Å². The van der Waals surface area contributed by atoms with Gasteiger partial charge in [0.15, 0.2) is 11.5 Å². The molecule has 0 aliphatic carbocycles. The first kappa shape index (κ1) is 18.1. The molecular formula is C18H21NO4S. The van der Waals surface area contributed by atoms with Crippen LogP contribution >= 0.6 is 11.8 Å². The van der Waals surface area contributed by atoms with Gasteiger partial charge < -0.3 is 9.47 Å². The molecule has 0 aromatic heterocycles. The molecule has 1 heterocycles. The van der Waals surface area contributed by atoms with Crippen LogP contribution in [-0.2, 0) is 11.2 Å². The minimum Gasteiger partial charge on any atom is -0.490 e. The summed E-state index contributed by atoms with van der Waals surface area (Å²) >= 11 is 0.936. The highest BCUT2D eigenvalue weighted by Crippen LogP contribution is 2.37. The third-order valence-corrected chi connectivity index (χ3v) is 4.35. The predicted molar refractivity (Wildman–Crippen MR) is 96.4 cm³/mol. The summed E-state index contributed by atoms with van der Waals surface area (Å²) in [5.74, 6) is 1.03. The number of benzene rings is 1. The molecule has 1 aromatic carbocycles. The summed E-state index contributed by atoms with van der Waals surface area (Å²) in [7, 11) is 1.48. The van der Waals surface area contributed by atoms with E-state index in [2.05, 4.69) is 6.58 Å². The number of likely N-dealkylation sites (N-methyl/N-ethyl adjacent to an activating group) is 1. The lowest BCUT2D eigenvalue weighted by molar-refractivity contribution is -0.121. The number of allylic oxidation sites excluding steroid dienone is 1. The molecule has 1 aromatic rings. The van der Waals surface area contributed by atoms with Gasteiger partial charge in [0.05, 0.1) is 18.1 Å². The molecule has 1 fully saturated rings. The first-order chi connectivity index (χ1) is 11.5. The molecule has 0 radical (unpaired) electrons. The summed E-state index contributed by atoms with van der Waals surface area (Å²) < 4.78 is 11.4. The molecule has 2 rings (SSSR count). The number of ether oxygens (including phenoxy) is 2. The zero-order valence-corrected chi connectivity index (χ0v) is 14.9. The van der Waals surface area contributed by atoms with Crippen molar-refractivity contribution >= 4 is 29.0 Å². The third-order valence-electron chi connectivity index (χ3n) is 3.39. The number of nitrogens with zero attached hydrogens (tertiary/aromatic N) is 1. The quantitative estimate of drug-likeness (QED) is 0.553. The van der Waals surface area contributed by atoms with Crippen LogP contribution in [0.1, 0.15) is 25.0 Å². The molecule has 1 aliphatic heterocycles. The van der Waals surface area contributed by atoms with E-state index >= 15 is 0 Å². The minimum atomic E-state index is -0.290. The Morgan fingerprint density at radius 2 is 1.92 bits per heavy atom. The molecular weight excluding hydrogens is 326 g/mol. The van der Waals surface area contributed by atoms with Gasteiger partial charge in [0, 0.05) is 12.6 Å². The molecule has 2 amide bonds. The standard InChI is InChI=1S/C18H21NO4S/c1-5-8-13-9-12(10-14(22-6-2)16(13)23-7-3)11-15-17(20)19(4)18(21)24-15/h5,9-11H,1,6-8H2,2-4H3/b15-11-. The van der Waals surface area contributed by atoms with Crippen LogP contribution in [0.3, 0.4) is 0 Å². The maximum Gasteiger partial charge on any atom is 0.293 e. The fourth-order valence-corrected chi connectivity index (χ4v) is 3.17. The monoisotopic (exact) mass is 347 g/mol. The Bertz CT molecular complexity index is 697. The average molecular weight is 347 g/mol. The number of thioether (sulfide) groups is 1. The van der Waals surface area contributed by atoms with E-state index in [1.165, 1.54) is 7.05 Å². The van der Waals surface area contributed by atoms with E-state index in [9.17, 15) is 9.59 Å². The molecule has 0 N–H and O–H groups in total. The first-order valence-corrected chi connectivity index (χ1v) is 8.58. The van der Waals surface area contributed by atoms with Gasteiger partial charge >= 0.3 is 0 Å². The van der Waals surface area contributed by atoms with Gasteiger partial charge in [-0.25, -0.2) is 0 Å². The molecule has 0 atom stereocenters. The van der Waals surface area contributed by atoms with Crippen molar-refractivity contribution in [2.24, 2.45) is 0 Å². The highest BCUT2D eigenvalue weighted by molar-refractivity contribution is 8.18. The van der Waals surface area contributed by atoms with Crippen LogP contribution in [-0.4, -0.2) is 36.3 Å². The second kappa shape index (κ2) is 8.06. The van der Waals surface area contributed by atoms with E-state index in [0.717, 1.165) is 27.8 Å². The van der Waals surface area contributed by atoms with E-state index in [1.807, 2.05) is 26.0 Å². The van der Waals surface area contributed by atoms with Gasteiger partial charge in [-0.3, -0.25) is 14.5 Å². The lowest BCUT2D eigenvalue weighted by atomic mass is 10.0.